The molecule has 3 nitrogen and oxygen atoms in total. The van der Waals surface area contributed by atoms with E-state index in [9.17, 15) is 9.59 Å². The quantitative estimate of drug-likeness (QED) is 0.535. The molecule has 0 aromatic rings. The first-order valence-electron chi connectivity index (χ1n) is 4.75. The van der Waals surface area contributed by atoms with E-state index in [-0.39, 0.29) is 17.2 Å². The third-order valence-electron chi connectivity index (χ3n) is 3.61. The summed E-state index contributed by atoms with van der Waals surface area (Å²) in [5.41, 5.74) is -1.03. The molecule has 0 amide bonds. The molecule has 0 N–H and O–H groups in total. The number of carbonyl (C=O) groups excluding carboxylic acids is 2. The maximum atomic E-state index is 11.7. The molecule has 2 atom stereocenters. The van der Waals surface area contributed by atoms with E-state index in [1.807, 2.05) is 24.3 Å². The molecule has 0 spiro atoms. The predicted octanol–water partition coefficient (Wildman–Crippen LogP) is 1.00. The van der Waals surface area contributed by atoms with Gasteiger partial charge in [0.05, 0.1) is 0 Å². The monoisotopic (exact) mass is 190 g/mol. The molecule has 2 aliphatic carbocycles. The summed E-state index contributed by atoms with van der Waals surface area (Å²) in [6, 6.07) is 0. The third kappa shape index (κ3) is 0.659. The SMILES string of the molecule is O=C1C[C@@]23C=CC=C[C@]2(C1)C(=O)OC3. The number of hydrogen-bond donors (Lipinski definition) is 0. The highest BCUT2D eigenvalue weighted by molar-refractivity contribution is 5.96. The smallest absolute Gasteiger partial charge is 0.317 e. The second-order valence-electron chi connectivity index (χ2n) is 4.31. The second kappa shape index (κ2) is 2.16. The van der Waals surface area contributed by atoms with Gasteiger partial charge in [-0.2, -0.15) is 0 Å². The summed E-state index contributed by atoms with van der Waals surface area (Å²) in [6.45, 7) is 0.360. The summed E-state index contributed by atoms with van der Waals surface area (Å²) < 4.78 is 5.10. The topological polar surface area (TPSA) is 43.4 Å². The predicted molar refractivity (Wildman–Crippen MR) is 48.3 cm³/mol. The molecule has 0 aromatic carbocycles. The van der Waals surface area contributed by atoms with Crippen molar-refractivity contribution in [1.29, 1.82) is 0 Å². The molecule has 3 aliphatic rings. The number of carbonyl (C=O) groups is 2. The van der Waals surface area contributed by atoms with Gasteiger partial charge in [0.2, 0.25) is 0 Å². The van der Waals surface area contributed by atoms with Crippen molar-refractivity contribution < 1.29 is 14.3 Å². The van der Waals surface area contributed by atoms with E-state index in [1.54, 1.807) is 0 Å². The maximum absolute atomic E-state index is 11.7. The molecule has 0 unspecified atom stereocenters. The molecule has 1 heterocycles. The number of hydrogen-bond acceptors (Lipinski definition) is 3. The summed E-state index contributed by atoms with van der Waals surface area (Å²) in [6.07, 6.45) is 8.30. The minimum atomic E-state index is -0.668. The van der Waals surface area contributed by atoms with Crippen molar-refractivity contribution in [2.75, 3.05) is 6.61 Å². The molecule has 72 valence electrons. The first-order valence-corrected chi connectivity index (χ1v) is 4.75. The van der Waals surface area contributed by atoms with E-state index in [1.165, 1.54) is 0 Å². The summed E-state index contributed by atoms with van der Waals surface area (Å²) in [5, 5.41) is 0. The van der Waals surface area contributed by atoms with Crippen LogP contribution in [-0.2, 0) is 14.3 Å². The second-order valence-corrected chi connectivity index (χ2v) is 4.31. The molecule has 1 aliphatic heterocycles. The van der Waals surface area contributed by atoms with Crippen LogP contribution in [0.3, 0.4) is 0 Å². The highest BCUT2D eigenvalue weighted by Gasteiger charge is 2.65. The Morgan fingerprint density at radius 2 is 1.93 bits per heavy atom. The Hall–Kier alpha value is -1.38. The van der Waals surface area contributed by atoms with E-state index in [0.29, 0.717) is 19.4 Å². The van der Waals surface area contributed by atoms with Crippen LogP contribution in [-0.4, -0.2) is 18.4 Å². The first kappa shape index (κ1) is 7.97. The van der Waals surface area contributed by atoms with Crippen LogP contribution >= 0.6 is 0 Å². The molecule has 0 radical (unpaired) electrons. The summed E-state index contributed by atoms with van der Waals surface area (Å²) in [5.74, 6) is -0.0678. The summed E-state index contributed by atoms with van der Waals surface area (Å²) in [4.78, 5) is 23.2. The Morgan fingerprint density at radius 1 is 1.14 bits per heavy atom. The van der Waals surface area contributed by atoms with Gasteiger partial charge in [-0.25, -0.2) is 0 Å². The highest BCUT2D eigenvalue weighted by Crippen LogP contribution is 2.59. The first-order chi connectivity index (χ1) is 6.69. The lowest BCUT2D eigenvalue weighted by Crippen LogP contribution is -2.36. The Morgan fingerprint density at radius 3 is 2.71 bits per heavy atom. The van der Waals surface area contributed by atoms with Gasteiger partial charge in [0.15, 0.2) is 0 Å². The van der Waals surface area contributed by atoms with Gasteiger partial charge in [-0.05, 0) is 0 Å². The molecule has 0 bridgehead atoms. The van der Waals surface area contributed by atoms with Crippen LogP contribution in [0.4, 0.5) is 0 Å². The molecule has 3 rings (SSSR count). The zero-order valence-corrected chi connectivity index (χ0v) is 7.66. The van der Waals surface area contributed by atoms with Gasteiger partial charge in [-0.15, -0.1) is 0 Å². The maximum Gasteiger partial charge on any atom is 0.317 e. The fraction of sp³-hybridized carbons (Fsp3) is 0.455. The Kier molecular flexibility index (Phi) is 1.23. The molecule has 0 aromatic heterocycles. The van der Waals surface area contributed by atoms with E-state index >= 15 is 0 Å². The minimum Gasteiger partial charge on any atom is -0.464 e. The van der Waals surface area contributed by atoms with Crippen molar-refractivity contribution >= 4 is 11.8 Å². The molecule has 1 saturated heterocycles. The van der Waals surface area contributed by atoms with Crippen LogP contribution in [0.15, 0.2) is 24.3 Å². The largest absolute Gasteiger partial charge is 0.464 e. The van der Waals surface area contributed by atoms with Crippen molar-refractivity contribution in [3.8, 4) is 0 Å². The Bertz CT molecular complexity index is 393. The van der Waals surface area contributed by atoms with Gasteiger partial charge >= 0.3 is 5.97 Å². The average molecular weight is 190 g/mol. The lowest BCUT2D eigenvalue weighted by Gasteiger charge is -2.31. The normalized spacial score (nSPS) is 43.7. The van der Waals surface area contributed by atoms with Gasteiger partial charge in [-0.1, -0.05) is 24.3 Å². The average Bonchev–Trinajstić information content (AvgIpc) is 2.60. The number of rotatable bonds is 0. The van der Waals surface area contributed by atoms with Gasteiger partial charge in [0, 0.05) is 18.3 Å². The summed E-state index contributed by atoms with van der Waals surface area (Å²) in [7, 11) is 0. The Balaban J connectivity index is 2.22. The zero-order chi connectivity index (χ0) is 9.81. The van der Waals surface area contributed by atoms with Crippen LogP contribution in [0.2, 0.25) is 0 Å². The fourth-order valence-electron chi connectivity index (χ4n) is 2.85. The molecule has 3 heteroatoms. The molecular formula is C11H10O3. The van der Waals surface area contributed by atoms with Crippen molar-refractivity contribution in [2.45, 2.75) is 12.8 Å². The standard InChI is InChI=1S/C11H10O3/c12-8-5-10-3-1-2-4-11(10,6-8)9(13)14-7-10/h1-4H,5-7H2/t10-,11+/m1/s1. The lowest BCUT2D eigenvalue weighted by molar-refractivity contribution is -0.145. The number of esters is 1. The fourth-order valence-corrected chi connectivity index (χ4v) is 2.85. The van der Waals surface area contributed by atoms with E-state index in [0.717, 1.165) is 0 Å². The highest BCUT2D eigenvalue weighted by atomic mass is 16.5. The van der Waals surface area contributed by atoms with Crippen LogP contribution in [0.5, 0.6) is 0 Å². The van der Waals surface area contributed by atoms with Crippen molar-refractivity contribution in [1.82, 2.24) is 0 Å². The molecular weight excluding hydrogens is 180 g/mol. The van der Waals surface area contributed by atoms with E-state index < -0.39 is 5.41 Å². The molecule has 1 saturated carbocycles. The van der Waals surface area contributed by atoms with Gasteiger partial charge < -0.3 is 4.74 Å². The number of ether oxygens (including phenoxy) is 1. The van der Waals surface area contributed by atoms with Crippen molar-refractivity contribution in [3.63, 3.8) is 0 Å². The van der Waals surface area contributed by atoms with Gasteiger partial charge in [0.25, 0.3) is 0 Å². The van der Waals surface area contributed by atoms with E-state index in [2.05, 4.69) is 0 Å². The van der Waals surface area contributed by atoms with Crippen molar-refractivity contribution in [3.05, 3.63) is 24.3 Å². The number of ketones is 1. The lowest BCUT2D eigenvalue weighted by atomic mass is 9.65. The van der Waals surface area contributed by atoms with Crippen LogP contribution in [0.1, 0.15) is 12.8 Å². The minimum absolute atomic E-state index is 0.165. The Labute approximate surface area is 81.4 Å². The third-order valence-corrected chi connectivity index (χ3v) is 3.61. The van der Waals surface area contributed by atoms with Gasteiger partial charge in [0.1, 0.15) is 17.8 Å². The number of allylic oxidation sites excluding steroid dienone is 2. The van der Waals surface area contributed by atoms with Crippen molar-refractivity contribution in [2.24, 2.45) is 10.8 Å². The van der Waals surface area contributed by atoms with E-state index in [4.69, 9.17) is 4.74 Å². The van der Waals surface area contributed by atoms with Crippen LogP contribution in [0.25, 0.3) is 0 Å². The summed E-state index contributed by atoms with van der Waals surface area (Å²) >= 11 is 0. The molecule has 14 heavy (non-hydrogen) atoms. The van der Waals surface area contributed by atoms with Gasteiger partial charge in [-0.3, -0.25) is 9.59 Å². The van der Waals surface area contributed by atoms with Crippen LogP contribution in [0, 0.1) is 10.8 Å². The number of cyclic esters (lactones) is 1. The zero-order valence-electron chi connectivity index (χ0n) is 7.66. The van der Waals surface area contributed by atoms with Crippen LogP contribution < -0.4 is 0 Å². The molecule has 2 fully saturated rings. The number of Topliss-reactive ketones (excluding diaryl/α,β-unsaturated/α-hetero) is 1.